The minimum Gasteiger partial charge on any atom is -0.311 e. The van der Waals surface area contributed by atoms with Crippen molar-refractivity contribution in [2.24, 2.45) is 0 Å². The van der Waals surface area contributed by atoms with E-state index in [4.69, 9.17) is 4.98 Å². The van der Waals surface area contributed by atoms with Crippen molar-refractivity contribution in [1.29, 1.82) is 0 Å². The first-order valence-corrected chi connectivity index (χ1v) is 7.09. The Hall–Kier alpha value is -1.61. The van der Waals surface area contributed by atoms with Gasteiger partial charge in [-0.05, 0) is 31.0 Å². The maximum Gasteiger partial charge on any atom is 0.113 e. The zero-order valence-corrected chi connectivity index (χ0v) is 12.0. The van der Waals surface area contributed by atoms with Crippen molar-refractivity contribution in [3.05, 3.63) is 46.5 Å². The summed E-state index contributed by atoms with van der Waals surface area (Å²) in [6.45, 7) is 8.52. The second-order valence-corrected chi connectivity index (χ2v) is 5.26. The molecule has 1 aliphatic heterocycles. The number of benzene rings is 1. The van der Waals surface area contributed by atoms with Crippen molar-refractivity contribution in [3.8, 4) is 5.69 Å². The first-order valence-electron chi connectivity index (χ1n) is 7.09. The average Bonchev–Trinajstić information content (AvgIpc) is 2.80. The molecular formula is C16H21N3. The van der Waals surface area contributed by atoms with Crippen molar-refractivity contribution in [2.75, 3.05) is 6.54 Å². The third-order valence-corrected chi connectivity index (χ3v) is 4.09. The summed E-state index contributed by atoms with van der Waals surface area (Å²) in [6, 6.07) is 6.53. The first kappa shape index (κ1) is 12.4. The zero-order chi connectivity index (χ0) is 13.4. The van der Waals surface area contributed by atoms with Gasteiger partial charge in [-0.25, -0.2) is 4.98 Å². The third kappa shape index (κ3) is 1.98. The number of imidazole rings is 1. The van der Waals surface area contributed by atoms with Gasteiger partial charge in [0.25, 0.3) is 0 Å². The van der Waals surface area contributed by atoms with Gasteiger partial charge >= 0.3 is 0 Å². The Morgan fingerprint density at radius 2 is 2.16 bits per heavy atom. The molecule has 0 spiro atoms. The molecular weight excluding hydrogens is 234 g/mol. The van der Waals surface area contributed by atoms with Crippen LogP contribution >= 0.6 is 0 Å². The molecule has 3 nitrogen and oxygen atoms in total. The Kier molecular flexibility index (Phi) is 3.15. The van der Waals surface area contributed by atoms with E-state index in [2.05, 4.69) is 48.9 Å². The molecule has 2 aromatic rings. The third-order valence-electron chi connectivity index (χ3n) is 4.09. The molecule has 0 amide bonds. The lowest BCUT2D eigenvalue weighted by Gasteiger charge is -2.18. The molecule has 1 N–H and O–H groups in total. The predicted molar refractivity (Wildman–Crippen MR) is 77.8 cm³/mol. The minimum atomic E-state index is 0.903. The highest BCUT2D eigenvalue weighted by molar-refractivity contribution is 5.48. The van der Waals surface area contributed by atoms with Crippen molar-refractivity contribution in [1.82, 2.24) is 14.9 Å². The lowest BCUT2D eigenvalue weighted by molar-refractivity contribution is 0.619. The van der Waals surface area contributed by atoms with E-state index in [0.717, 1.165) is 25.9 Å². The smallest absolute Gasteiger partial charge is 0.113 e. The highest BCUT2D eigenvalue weighted by Crippen LogP contribution is 2.25. The molecule has 0 atom stereocenters. The summed E-state index contributed by atoms with van der Waals surface area (Å²) < 4.78 is 2.39. The van der Waals surface area contributed by atoms with Gasteiger partial charge in [0.2, 0.25) is 0 Å². The maximum absolute atomic E-state index is 4.82. The molecule has 100 valence electrons. The number of aromatic nitrogens is 2. The second-order valence-electron chi connectivity index (χ2n) is 5.26. The van der Waals surface area contributed by atoms with Crippen LogP contribution in [0.15, 0.2) is 18.2 Å². The number of nitrogens with zero attached hydrogens (tertiary/aromatic N) is 2. The predicted octanol–water partition coefficient (Wildman–Crippen LogP) is 2.70. The quantitative estimate of drug-likeness (QED) is 0.894. The first-order chi connectivity index (χ1) is 9.22. The highest BCUT2D eigenvalue weighted by atomic mass is 15.1. The van der Waals surface area contributed by atoms with Gasteiger partial charge in [-0.1, -0.05) is 19.1 Å². The Bertz CT molecular complexity index is 611. The Morgan fingerprint density at radius 1 is 1.32 bits per heavy atom. The molecule has 1 aromatic heterocycles. The van der Waals surface area contributed by atoms with Gasteiger partial charge < -0.3 is 9.88 Å². The van der Waals surface area contributed by atoms with Crippen LogP contribution in [0.3, 0.4) is 0 Å². The molecule has 0 aliphatic carbocycles. The van der Waals surface area contributed by atoms with Crippen molar-refractivity contribution in [3.63, 3.8) is 0 Å². The van der Waals surface area contributed by atoms with Crippen LogP contribution in [-0.4, -0.2) is 16.1 Å². The summed E-state index contributed by atoms with van der Waals surface area (Å²) in [4.78, 5) is 4.82. The fraction of sp³-hybridized carbons (Fsp3) is 0.438. The fourth-order valence-corrected chi connectivity index (χ4v) is 2.87. The number of rotatable bonds is 2. The Balaban J connectivity index is 2.23. The minimum absolute atomic E-state index is 0.903. The Morgan fingerprint density at radius 3 is 2.95 bits per heavy atom. The Labute approximate surface area is 114 Å². The summed E-state index contributed by atoms with van der Waals surface area (Å²) in [5.74, 6) is 1.18. The number of nitrogens with one attached hydrogen (secondary N) is 1. The monoisotopic (exact) mass is 255 g/mol. The molecule has 0 radical (unpaired) electrons. The maximum atomic E-state index is 4.82. The molecule has 19 heavy (non-hydrogen) atoms. The van der Waals surface area contributed by atoms with Gasteiger partial charge in [-0.3, -0.25) is 0 Å². The summed E-state index contributed by atoms with van der Waals surface area (Å²) in [7, 11) is 0. The molecule has 3 rings (SSSR count). The number of fused-ring (bicyclic) bond motifs is 1. The van der Waals surface area contributed by atoms with Crippen LogP contribution in [0, 0.1) is 13.8 Å². The van der Waals surface area contributed by atoms with Crippen LogP contribution in [0.2, 0.25) is 0 Å². The van der Waals surface area contributed by atoms with Crippen molar-refractivity contribution in [2.45, 2.75) is 40.2 Å². The summed E-state index contributed by atoms with van der Waals surface area (Å²) in [6.07, 6.45) is 2.04. The van der Waals surface area contributed by atoms with Gasteiger partial charge in [-0.15, -0.1) is 0 Å². The molecule has 3 heteroatoms. The van der Waals surface area contributed by atoms with Crippen LogP contribution in [0.25, 0.3) is 5.69 Å². The van der Waals surface area contributed by atoms with Crippen molar-refractivity contribution >= 4 is 0 Å². The molecule has 0 fully saturated rings. The largest absolute Gasteiger partial charge is 0.311 e. The number of hydrogen-bond donors (Lipinski definition) is 1. The number of aryl methyl sites for hydroxylation is 2. The van der Waals surface area contributed by atoms with E-state index in [1.54, 1.807) is 0 Å². The van der Waals surface area contributed by atoms with Crippen LogP contribution in [0.5, 0.6) is 0 Å². The zero-order valence-electron chi connectivity index (χ0n) is 12.0. The van der Waals surface area contributed by atoms with Gasteiger partial charge in [0.05, 0.1) is 11.4 Å². The van der Waals surface area contributed by atoms with Crippen LogP contribution in [-0.2, 0) is 19.4 Å². The highest BCUT2D eigenvalue weighted by Gasteiger charge is 2.20. The molecule has 1 aliphatic rings. The van der Waals surface area contributed by atoms with Crippen LogP contribution < -0.4 is 5.32 Å². The van der Waals surface area contributed by atoms with E-state index >= 15 is 0 Å². The normalized spacial score (nSPS) is 14.5. The fourth-order valence-electron chi connectivity index (χ4n) is 2.87. The summed E-state index contributed by atoms with van der Waals surface area (Å²) in [5.41, 5.74) is 6.62. The van der Waals surface area contributed by atoms with Crippen molar-refractivity contribution < 1.29 is 0 Å². The van der Waals surface area contributed by atoms with Gasteiger partial charge in [-0.2, -0.15) is 0 Å². The SMILES string of the molecule is CCc1nc2c(n1-c1cccc(C)c1C)CCNC2. The second kappa shape index (κ2) is 4.82. The summed E-state index contributed by atoms with van der Waals surface area (Å²) in [5, 5.41) is 3.41. The van der Waals surface area contributed by atoms with Gasteiger partial charge in [0, 0.05) is 31.6 Å². The molecule has 0 unspecified atom stereocenters. The average molecular weight is 255 g/mol. The molecule has 0 bridgehead atoms. The molecule has 1 aromatic carbocycles. The van der Waals surface area contributed by atoms with E-state index < -0.39 is 0 Å². The van der Waals surface area contributed by atoms with E-state index in [9.17, 15) is 0 Å². The summed E-state index contributed by atoms with van der Waals surface area (Å²) >= 11 is 0. The molecule has 2 heterocycles. The topological polar surface area (TPSA) is 29.9 Å². The van der Waals surface area contributed by atoms with Crippen LogP contribution in [0.4, 0.5) is 0 Å². The lowest BCUT2D eigenvalue weighted by Crippen LogP contribution is -2.25. The van der Waals surface area contributed by atoms with Gasteiger partial charge in [0.15, 0.2) is 0 Å². The van der Waals surface area contributed by atoms with E-state index in [1.807, 2.05) is 0 Å². The molecule has 0 saturated heterocycles. The standard InChI is InChI=1S/C16H21N3/c1-4-16-18-13-10-17-9-8-15(13)19(16)14-7-5-6-11(2)12(14)3/h5-7,17H,4,8-10H2,1-3H3. The van der Waals surface area contributed by atoms with Gasteiger partial charge in [0.1, 0.15) is 5.82 Å². The van der Waals surface area contributed by atoms with E-state index in [0.29, 0.717) is 0 Å². The molecule has 0 saturated carbocycles. The number of hydrogen-bond acceptors (Lipinski definition) is 2. The lowest BCUT2D eigenvalue weighted by atomic mass is 10.1. The van der Waals surface area contributed by atoms with E-state index in [1.165, 1.54) is 34.0 Å². The van der Waals surface area contributed by atoms with E-state index in [-0.39, 0.29) is 0 Å². The van der Waals surface area contributed by atoms with Crippen LogP contribution in [0.1, 0.15) is 35.3 Å².